The van der Waals surface area contributed by atoms with Gasteiger partial charge in [-0.25, -0.2) is 0 Å². The van der Waals surface area contributed by atoms with Crippen molar-refractivity contribution < 1.29 is 9.59 Å². The van der Waals surface area contributed by atoms with Crippen LogP contribution in [0.4, 0.5) is 5.69 Å². The minimum atomic E-state index is -0.147. The first-order valence-corrected chi connectivity index (χ1v) is 7.88. The number of para-hydroxylation sites is 1. The van der Waals surface area contributed by atoms with Crippen molar-refractivity contribution >= 4 is 17.5 Å². The highest BCUT2D eigenvalue weighted by Gasteiger charge is 2.25. The van der Waals surface area contributed by atoms with Gasteiger partial charge in [-0.15, -0.1) is 0 Å². The van der Waals surface area contributed by atoms with Crippen LogP contribution in [0.1, 0.15) is 30.5 Å². The molecule has 2 aromatic rings. The Morgan fingerprint density at radius 1 is 1.09 bits per heavy atom. The van der Waals surface area contributed by atoms with Gasteiger partial charge in [0, 0.05) is 12.1 Å². The average Bonchev–Trinajstić information content (AvgIpc) is 2.58. The standard InChI is InChI=1S/C19H20N2O2/c1-14(15-7-3-2-4-8-15)20-18(22)13-21-17-10-6-5-9-16(17)11-12-19(21)23/h2-10,14H,11-13H2,1H3,(H,20,22)/t14-/m1/s1. The van der Waals surface area contributed by atoms with Crippen LogP contribution in [0.2, 0.25) is 0 Å². The molecule has 0 bridgehead atoms. The number of anilines is 1. The number of aryl methyl sites for hydroxylation is 1. The van der Waals surface area contributed by atoms with E-state index in [2.05, 4.69) is 5.32 Å². The van der Waals surface area contributed by atoms with Crippen LogP contribution < -0.4 is 10.2 Å². The molecule has 2 aromatic carbocycles. The van der Waals surface area contributed by atoms with E-state index in [9.17, 15) is 9.59 Å². The maximum absolute atomic E-state index is 12.3. The second-order valence-corrected chi connectivity index (χ2v) is 5.81. The molecule has 3 rings (SSSR count). The molecule has 1 heterocycles. The molecule has 1 aliphatic rings. The van der Waals surface area contributed by atoms with Crippen LogP contribution in [0, 0.1) is 0 Å². The zero-order valence-corrected chi connectivity index (χ0v) is 13.2. The Hall–Kier alpha value is -2.62. The predicted octanol–water partition coefficient (Wildman–Crippen LogP) is 2.84. The number of benzene rings is 2. The van der Waals surface area contributed by atoms with E-state index in [1.165, 1.54) is 0 Å². The number of fused-ring (bicyclic) bond motifs is 1. The number of amides is 2. The first-order chi connectivity index (χ1) is 11.1. The molecule has 2 amide bonds. The van der Waals surface area contributed by atoms with Crippen molar-refractivity contribution in [1.82, 2.24) is 5.32 Å². The number of rotatable bonds is 4. The first-order valence-electron chi connectivity index (χ1n) is 7.88. The molecule has 0 spiro atoms. The van der Waals surface area contributed by atoms with E-state index in [0.717, 1.165) is 23.2 Å². The Morgan fingerprint density at radius 3 is 2.57 bits per heavy atom. The summed E-state index contributed by atoms with van der Waals surface area (Å²) in [6, 6.07) is 17.5. The van der Waals surface area contributed by atoms with Gasteiger partial charge in [-0.2, -0.15) is 0 Å². The van der Waals surface area contributed by atoms with Crippen LogP contribution in [-0.2, 0) is 16.0 Å². The maximum atomic E-state index is 12.3. The van der Waals surface area contributed by atoms with Gasteiger partial charge in [-0.05, 0) is 30.5 Å². The fourth-order valence-corrected chi connectivity index (χ4v) is 2.93. The molecule has 0 radical (unpaired) electrons. The quantitative estimate of drug-likeness (QED) is 0.944. The maximum Gasteiger partial charge on any atom is 0.240 e. The van der Waals surface area contributed by atoms with Gasteiger partial charge in [0.25, 0.3) is 0 Å². The van der Waals surface area contributed by atoms with Gasteiger partial charge in [-0.3, -0.25) is 9.59 Å². The largest absolute Gasteiger partial charge is 0.348 e. The van der Waals surface area contributed by atoms with Crippen LogP contribution >= 0.6 is 0 Å². The molecule has 0 saturated carbocycles. The molecule has 0 saturated heterocycles. The number of hydrogen-bond acceptors (Lipinski definition) is 2. The first kappa shape index (κ1) is 15.3. The summed E-state index contributed by atoms with van der Waals surface area (Å²) in [5.41, 5.74) is 3.02. The van der Waals surface area contributed by atoms with E-state index >= 15 is 0 Å². The number of carbonyl (C=O) groups excluding carboxylic acids is 2. The Morgan fingerprint density at radius 2 is 1.78 bits per heavy atom. The molecule has 0 unspecified atom stereocenters. The SMILES string of the molecule is C[C@@H](NC(=O)CN1C(=O)CCc2ccccc21)c1ccccc1. The molecule has 1 aliphatic heterocycles. The summed E-state index contributed by atoms with van der Waals surface area (Å²) in [7, 11) is 0. The number of hydrogen-bond donors (Lipinski definition) is 1. The number of carbonyl (C=O) groups is 2. The van der Waals surface area contributed by atoms with Crippen molar-refractivity contribution in [3.8, 4) is 0 Å². The van der Waals surface area contributed by atoms with Crippen LogP contribution in [0.25, 0.3) is 0 Å². The molecule has 0 aliphatic carbocycles. The average molecular weight is 308 g/mol. The van der Waals surface area contributed by atoms with E-state index < -0.39 is 0 Å². The van der Waals surface area contributed by atoms with E-state index in [0.29, 0.717) is 6.42 Å². The van der Waals surface area contributed by atoms with Crippen LogP contribution in [0.3, 0.4) is 0 Å². The molecule has 4 nitrogen and oxygen atoms in total. The van der Waals surface area contributed by atoms with E-state index in [4.69, 9.17) is 0 Å². The normalized spacial score (nSPS) is 15.0. The fraction of sp³-hybridized carbons (Fsp3) is 0.263. The van der Waals surface area contributed by atoms with Gasteiger partial charge in [0.15, 0.2) is 0 Å². The lowest BCUT2D eigenvalue weighted by Gasteiger charge is -2.29. The summed E-state index contributed by atoms with van der Waals surface area (Å²) < 4.78 is 0. The lowest BCUT2D eigenvalue weighted by atomic mass is 10.0. The summed E-state index contributed by atoms with van der Waals surface area (Å²) in [6.45, 7) is 2.01. The van der Waals surface area contributed by atoms with Gasteiger partial charge in [0.2, 0.25) is 11.8 Å². The lowest BCUT2D eigenvalue weighted by molar-refractivity contribution is -0.124. The topological polar surface area (TPSA) is 49.4 Å². The van der Waals surface area contributed by atoms with Crippen LogP contribution in [0.5, 0.6) is 0 Å². The monoisotopic (exact) mass is 308 g/mol. The summed E-state index contributed by atoms with van der Waals surface area (Å²) in [4.78, 5) is 26.1. The van der Waals surface area contributed by atoms with Crippen molar-refractivity contribution in [3.05, 3.63) is 65.7 Å². The van der Waals surface area contributed by atoms with Crippen molar-refractivity contribution in [1.29, 1.82) is 0 Å². The zero-order chi connectivity index (χ0) is 16.2. The van der Waals surface area contributed by atoms with Crippen molar-refractivity contribution in [2.45, 2.75) is 25.8 Å². The molecule has 0 aromatic heterocycles. The lowest BCUT2D eigenvalue weighted by Crippen LogP contribution is -2.43. The Bertz CT molecular complexity index is 712. The molecule has 0 fully saturated rings. The second-order valence-electron chi connectivity index (χ2n) is 5.81. The minimum absolute atomic E-state index is 0.00575. The molecule has 1 atom stereocenters. The van der Waals surface area contributed by atoms with Gasteiger partial charge < -0.3 is 10.2 Å². The minimum Gasteiger partial charge on any atom is -0.348 e. The van der Waals surface area contributed by atoms with Gasteiger partial charge >= 0.3 is 0 Å². The third-order valence-electron chi connectivity index (χ3n) is 4.17. The van der Waals surface area contributed by atoms with Gasteiger partial charge in [0.1, 0.15) is 6.54 Å². The highest BCUT2D eigenvalue weighted by molar-refractivity contribution is 6.01. The summed E-state index contributed by atoms with van der Waals surface area (Å²) in [5, 5.41) is 2.96. The number of nitrogens with one attached hydrogen (secondary N) is 1. The summed E-state index contributed by atoms with van der Waals surface area (Å²) >= 11 is 0. The predicted molar refractivity (Wildman–Crippen MR) is 90.1 cm³/mol. The van der Waals surface area contributed by atoms with E-state index in [-0.39, 0.29) is 24.4 Å². The second kappa shape index (κ2) is 6.65. The van der Waals surface area contributed by atoms with Crippen LogP contribution in [0.15, 0.2) is 54.6 Å². The molecular weight excluding hydrogens is 288 g/mol. The Balaban J connectivity index is 1.69. The molecular formula is C19H20N2O2. The third kappa shape index (κ3) is 3.42. The van der Waals surface area contributed by atoms with Gasteiger partial charge in [-0.1, -0.05) is 48.5 Å². The van der Waals surface area contributed by atoms with Crippen molar-refractivity contribution in [2.24, 2.45) is 0 Å². The van der Waals surface area contributed by atoms with Gasteiger partial charge in [0.05, 0.1) is 6.04 Å². The van der Waals surface area contributed by atoms with Crippen molar-refractivity contribution in [2.75, 3.05) is 11.4 Å². The highest BCUT2D eigenvalue weighted by Crippen LogP contribution is 2.27. The Labute approximate surface area is 136 Å². The highest BCUT2D eigenvalue weighted by atomic mass is 16.2. The molecule has 4 heteroatoms. The summed E-state index contributed by atoms with van der Waals surface area (Å²) in [5.74, 6) is -0.141. The zero-order valence-electron chi connectivity index (χ0n) is 13.2. The molecule has 118 valence electrons. The van der Waals surface area contributed by atoms with Crippen molar-refractivity contribution in [3.63, 3.8) is 0 Å². The number of nitrogens with zero attached hydrogens (tertiary/aromatic N) is 1. The van der Waals surface area contributed by atoms with Crippen LogP contribution in [-0.4, -0.2) is 18.4 Å². The molecule has 23 heavy (non-hydrogen) atoms. The fourth-order valence-electron chi connectivity index (χ4n) is 2.93. The van der Waals surface area contributed by atoms with E-state index in [1.54, 1.807) is 4.90 Å². The molecule has 1 N–H and O–H groups in total. The summed E-state index contributed by atoms with van der Waals surface area (Å²) in [6.07, 6.45) is 1.20. The Kier molecular flexibility index (Phi) is 4.42. The smallest absolute Gasteiger partial charge is 0.240 e. The third-order valence-corrected chi connectivity index (χ3v) is 4.17. The van der Waals surface area contributed by atoms with E-state index in [1.807, 2.05) is 61.5 Å².